The topological polar surface area (TPSA) is 175 Å². The maximum atomic E-state index is 12.1. The predicted molar refractivity (Wildman–Crippen MR) is 173 cm³/mol. The summed E-state index contributed by atoms with van der Waals surface area (Å²) in [6, 6.07) is 0.599. The molecule has 0 aliphatic carbocycles. The normalized spacial score (nSPS) is 16.1. The van der Waals surface area contributed by atoms with Gasteiger partial charge in [0.25, 0.3) is 0 Å². The summed E-state index contributed by atoms with van der Waals surface area (Å²) in [5.74, 6) is 1.12. The zero-order valence-electron chi connectivity index (χ0n) is 25.5. The Hall–Kier alpha value is -4.01. The third kappa shape index (κ3) is 9.25. The maximum Gasteiger partial charge on any atom is 0.410 e. The summed E-state index contributed by atoms with van der Waals surface area (Å²) in [5.41, 5.74) is 2.33. The van der Waals surface area contributed by atoms with E-state index in [9.17, 15) is 4.79 Å². The van der Waals surface area contributed by atoms with Crippen molar-refractivity contribution in [2.45, 2.75) is 64.1 Å². The van der Waals surface area contributed by atoms with Crippen molar-refractivity contribution in [2.75, 3.05) is 36.8 Å². The Morgan fingerprint density at radius 3 is 1.76 bits per heavy atom. The Morgan fingerprint density at radius 2 is 1.31 bits per heavy atom. The van der Waals surface area contributed by atoms with Gasteiger partial charge in [-0.2, -0.15) is 0 Å². The van der Waals surface area contributed by atoms with E-state index in [-0.39, 0.29) is 12.1 Å². The van der Waals surface area contributed by atoms with Crippen molar-refractivity contribution in [1.82, 2.24) is 50.1 Å². The van der Waals surface area contributed by atoms with Crippen LogP contribution in [0.3, 0.4) is 0 Å². The van der Waals surface area contributed by atoms with Gasteiger partial charge in [0.1, 0.15) is 17.0 Å². The van der Waals surface area contributed by atoms with Crippen molar-refractivity contribution >= 4 is 41.2 Å². The molecule has 2 fully saturated rings. The molecule has 4 aromatic rings. The van der Waals surface area contributed by atoms with E-state index in [2.05, 4.69) is 55.8 Å². The van der Waals surface area contributed by atoms with Gasteiger partial charge in [-0.15, -0.1) is 0 Å². The maximum absolute atomic E-state index is 12.1. The Morgan fingerprint density at radius 1 is 0.822 bits per heavy atom. The Balaban J connectivity index is 0.000000186. The summed E-state index contributed by atoms with van der Waals surface area (Å²) < 4.78 is 5.42. The van der Waals surface area contributed by atoms with Crippen LogP contribution in [0.4, 0.5) is 16.7 Å². The summed E-state index contributed by atoms with van der Waals surface area (Å²) in [6.07, 6.45) is 13.2. The molecule has 16 heteroatoms. The van der Waals surface area contributed by atoms with Gasteiger partial charge < -0.3 is 35.6 Å². The van der Waals surface area contributed by atoms with Gasteiger partial charge in [-0.25, -0.2) is 34.7 Å². The van der Waals surface area contributed by atoms with Gasteiger partial charge in [0.2, 0.25) is 11.9 Å². The molecule has 0 radical (unpaired) electrons. The predicted octanol–water partition coefficient (Wildman–Crippen LogP) is 5.02. The van der Waals surface area contributed by atoms with Crippen LogP contribution in [0, 0.1) is 0 Å². The number of likely N-dealkylation sites (tertiary alicyclic amines) is 1. The number of carbonyl (C=O) groups is 1. The van der Waals surface area contributed by atoms with Gasteiger partial charge in [-0.05, 0) is 59.5 Å². The summed E-state index contributed by atoms with van der Waals surface area (Å²) in [7, 11) is 0. The first-order valence-electron chi connectivity index (χ1n) is 14.9. The van der Waals surface area contributed by atoms with Crippen LogP contribution in [0.25, 0.3) is 22.8 Å². The molecule has 2 aliphatic heterocycles. The number of hydrogen-bond donors (Lipinski definition) is 5. The van der Waals surface area contributed by atoms with E-state index < -0.39 is 5.60 Å². The van der Waals surface area contributed by atoms with Crippen LogP contribution in [0.1, 0.15) is 46.5 Å². The van der Waals surface area contributed by atoms with Crippen molar-refractivity contribution in [3.63, 3.8) is 0 Å². The van der Waals surface area contributed by atoms with Crippen LogP contribution >= 0.6 is 23.2 Å². The van der Waals surface area contributed by atoms with Crippen LogP contribution in [0.5, 0.6) is 0 Å². The largest absolute Gasteiger partial charge is 0.444 e. The molecule has 14 nitrogen and oxygen atoms in total. The van der Waals surface area contributed by atoms with E-state index in [1.54, 1.807) is 42.3 Å². The van der Waals surface area contributed by atoms with Crippen molar-refractivity contribution in [3.8, 4) is 22.8 Å². The lowest BCUT2D eigenvalue weighted by atomic mass is 10.1. The second kappa shape index (κ2) is 14.8. The van der Waals surface area contributed by atoms with Gasteiger partial charge in [0.15, 0.2) is 0 Å². The SMILES string of the molecule is CC(C)(C)OC(=O)N1CCC(Nc2ncc(Cl)c(-c3cnc[nH]3)n2)CC1.Clc1cnc(NC2CCNCC2)nc1-c1cnc[nH]1. The average Bonchev–Trinajstić information content (AvgIpc) is 3.75. The number of hydrogen-bond acceptors (Lipinski definition) is 11. The smallest absolute Gasteiger partial charge is 0.410 e. The number of ether oxygens (including phenoxy) is 1. The molecule has 6 heterocycles. The lowest BCUT2D eigenvalue weighted by Gasteiger charge is -2.33. The molecule has 2 aliphatic rings. The number of amides is 1. The number of halogens is 2. The van der Waals surface area contributed by atoms with Gasteiger partial charge in [0.05, 0.1) is 58.9 Å². The number of piperidine rings is 2. The standard InChI is InChI=1S/C17H23ClN6O2.C12H15ClN6/c1-17(2,3)26-16(25)24-6-4-11(5-7-24)22-15-20-8-12(18)14(23-15)13-9-19-10-21-13;13-9-5-16-12(18-8-1-3-14-4-2-8)19-11(9)10-6-15-7-17-10/h8-11H,4-7H2,1-3H3,(H,19,21)(H,20,22,23);5-8,14H,1-4H2,(H,15,17)(H,16,18,19). The Kier molecular flexibility index (Phi) is 10.7. The highest BCUT2D eigenvalue weighted by molar-refractivity contribution is 6.33. The number of carbonyl (C=O) groups excluding carboxylic acids is 1. The highest BCUT2D eigenvalue weighted by atomic mass is 35.5. The molecular weight excluding hydrogens is 619 g/mol. The fraction of sp³-hybridized carbons (Fsp3) is 0.483. The first-order chi connectivity index (χ1) is 21.6. The number of imidazole rings is 2. The minimum absolute atomic E-state index is 0.185. The second-order valence-corrected chi connectivity index (χ2v) is 12.6. The molecule has 0 saturated carbocycles. The lowest BCUT2D eigenvalue weighted by Crippen LogP contribution is -2.44. The zero-order valence-corrected chi connectivity index (χ0v) is 27.0. The summed E-state index contributed by atoms with van der Waals surface area (Å²) in [5, 5.41) is 11.0. The lowest BCUT2D eigenvalue weighted by molar-refractivity contribution is 0.0210. The van der Waals surface area contributed by atoms with E-state index in [0.29, 0.717) is 52.5 Å². The van der Waals surface area contributed by atoms with Crippen molar-refractivity contribution < 1.29 is 9.53 Å². The minimum atomic E-state index is -0.480. The number of anilines is 2. The Bertz CT molecular complexity index is 1510. The molecule has 240 valence electrons. The fourth-order valence-corrected chi connectivity index (χ4v) is 5.27. The van der Waals surface area contributed by atoms with Gasteiger partial charge >= 0.3 is 6.09 Å². The summed E-state index contributed by atoms with van der Waals surface area (Å²) in [6.45, 7) is 8.93. The van der Waals surface area contributed by atoms with Crippen LogP contribution < -0.4 is 16.0 Å². The number of H-pyrrole nitrogens is 2. The van der Waals surface area contributed by atoms with E-state index in [4.69, 9.17) is 27.9 Å². The molecule has 4 aromatic heterocycles. The molecule has 45 heavy (non-hydrogen) atoms. The molecule has 0 aromatic carbocycles. The number of aromatic nitrogens is 8. The zero-order chi connectivity index (χ0) is 31.8. The van der Waals surface area contributed by atoms with Gasteiger partial charge in [0, 0.05) is 25.2 Å². The number of rotatable bonds is 6. The van der Waals surface area contributed by atoms with Gasteiger partial charge in [-0.3, -0.25) is 0 Å². The molecule has 5 N–H and O–H groups in total. The van der Waals surface area contributed by atoms with Crippen LogP contribution in [0.15, 0.2) is 37.4 Å². The van der Waals surface area contributed by atoms with Crippen LogP contribution in [-0.2, 0) is 4.74 Å². The Labute approximate surface area is 271 Å². The number of nitrogens with zero attached hydrogens (tertiary/aromatic N) is 7. The second-order valence-electron chi connectivity index (χ2n) is 11.8. The van der Waals surface area contributed by atoms with E-state index in [0.717, 1.165) is 50.2 Å². The number of aromatic amines is 2. The van der Waals surface area contributed by atoms with Crippen LogP contribution in [-0.4, -0.2) is 94.7 Å². The summed E-state index contributed by atoms with van der Waals surface area (Å²) >= 11 is 12.3. The number of nitrogens with one attached hydrogen (secondary N) is 5. The molecule has 2 saturated heterocycles. The highest BCUT2D eigenvalue weighted by Crippen LogP contribution is 2.26. The van der Waals surface area contributed by atoms with E-state index >= 15 is 0 Å². The quantitative estimate of drug-likeness (QED) is 0.188. The van der Waals surface area contributed by atoms with Crippen LogP contribution in [0.2, 0.25) is 10.0 Å². The molecule has 1 amide bonds. The minimum Gasteiger partial charge on any atom is -0.444 e. The van der Waals surface area contributed by atoms with Gasteiger partial charge in [-0.1, -0.05) is 23.2 Å². The molecule has 0 unspecified atom stereocenters. The average molecular weight is 658 g/mol. The highest BCUT2D eigenvalue weighted by Gasteiger charge is 2.27. The third-order valence-electron chi connectivity index (χ3n) is 7.15. The molecule has 0 spiro atoms. The monoisotopic (exact) mass is 656 g/mol. The van der Waals surface area contributed by atoms with E-state index in [1.807, 2.05) is 20.8 Å². The van der Waals surface area contributed by atoms with Crippen molar-refractivity contribution in [3.05, 3.63) is 47.5 Å². The molecule has 6 rings (SSSR count). The first kappa shape index (κ1) is 32.4. The van der Waals surface area contributed by atoms with E-state index in [1.165, 1.54) is 0 Å². The molecule has 0 atom stereocenters. The third-order valence-corrected chi connectivity index (χ3v) is 7.70. The van der Waals surface area contributed by atoms with Crippen molar-refractivity contribution in [2.24, 2.45) is 0 Å². The fourth-order valence-electron chi connectivity index (χ4n) is 4.89. The summed E-state index contributed by atoms with van der Waals surface area (Å²) in [4.78, 5) is 45.3. The molecule has 0 bridgehead atoms. The molecular formula is C29H38Cl2N12O2. The first-order valence-corrected chi connectivity index (χ1v) is 15.6. The van der Waals surface area contributed by atoms with Crippen molar-refractivity contribution in [1.29, 1.82) is 0 Å².